The van der Waals surface area contributed by atoms with Crippen LogP contribution in [0.2, 0.25) is 0 Å². The molecule has 3 nitrogen and oxygen atoms in total. The molecular formula is C11H18O3. The minimum atomic E-state index is 0. The molecule has 1 saturated heterocycles. The molecule has 0 unspecified atom stereocenters. The topological polar surface area (TPSA) is 50.0 Å². The van der Waals surface area contributed by atoms with Crippen LogP contribution in [0, 0.1) is 6.92 Å². The van der Waals surface area contributed by atoms with Crippen LogP contribution < -0.4 is 0 Å². The van der Waals surface area contributed by atoms with Crippen LogP contribution in [0.15, 0.2) is 30.3 Å². The predicted octanol–water partition coefficient (Wildman–Crippen LogP) is 1.20. The Hall–Kier alpha value is -0.900. The largest absolute Gasteiger partial charge is 0.412 e. The highest BCUT2D eigenvalue weighted by atomic mass is 16.6. The third-order valence-corrected chi connectivity index (χ3v) is 1.68. The van der Waals surface area contributed by atoms with Gasteiger partial charge >= 0.3 is 0 Å². The maximum Gasteiger partial charge on any atom is 0.0701 e. The van der Waals surface area contributed by atoms with E-state index >= 15 is 0 Å². The van der Waals surface area contributed by atoms with Gasteiger partial charge in [0.1, 0.15) is 0 Å². The Morgan fingerprint density at radius 2 is 1.29 bits per heavy atom. The van der Waals surface area contributed by atoms with Crippen molar-refractivity contribution >= 4 is 0 Å². The zero-order chi connectivity index (χ0) is 9.36. The molecule has 1 fully saturated rings. The van der Waals surface area contributed by atoms with Gasteiger partial charge in [-0.25, -0.2) is 0 Å². The highest BCUT2D eigenvalue weighted by molar-refractivity contribution is 5.11. The lowest BCUT2D eigenvalue weighted by Gasteiger charge is -2.09. The molecule has 0 amide bonds. The third-order valence-electron chi connectivity index (χ3n) is 1.68. The molecule has 0 aromatic heterocycles. The van der Waals surface area contributed by atoms with Gasteiger partial charge in [-0.15, -0.1) is 0 Å². The SMILES string of the molecule is C1COCCO1.Cc1ccccc1.O. The molecule has 1 aliphatic heterocycles. The second-order valence-corrected chi connectivity index (χ2v) is 2.88. The van der Waals surface area contributed by atoms with Crippen molar-refractivity contribution in [2.75, 3.05) is 26.4 Å². The van der Waals surface area contributed by atoms with Crippen molar-refractivity contribution in [2.24, 2.45) is 0 Å². The van der Waals surface area contributed by atoms with E-state index in [1.54, 1.807) is 0 Å². The van der Waals surface area contributed by atoms with Gasteiger partial charge in [-0.3, -0.25) is 0 Å². The third kappa shape index (κ3) is 6.60. The number of benzene rings is 1. The fraction of sp³-hybridized carbons (Fsp3) is 0.455. The monoisotopic (exact) mass is 198 g/mol. The first kappa shape index (κ1) is 13.1. The van der Waals surface area contributed by atoms with Crippen molar-refractivity contribution in [2.45, 2.75) is 6.92 Å². The van der Waals surface area contributed by atoms with Gasteiger partial charge in [0.05, 0.1) is 26.4 Å². The van der Waals surface area contributed by atoms with Crippen molar-refractivity contribution in [3.63, 3.8) is 0 Å². The minimum Gasteiger partial charge on any atom is -0.412 e. The van der Waals surface area contributed by atoms with Crippen molar-refractivity contribution in [1.82, 2.24) is 0 Å². The molecule has 2 N–H and O–H groups in total. The van der Waals surface area contributed by atoms with Crippen molar-refractivity contribution < 1.29 is 14.9 Å². The molecule has 0 saturated carbocycles. The lowest BCUT2D eigenvalue weighted by molar-refractivity contribution is -0.0334. The normalized spacial score (nSPS) is 14.6. The van der Waals surface area contributed by atoms with Crippen LogP contribution >= 0.6 is 0 Å². The molecular weight excluding hydrogens is 180 g/mol. The Labute approximate surface area is 85.0 Å². The smallest absolute Gasteiger partial charge is 0.0701 e. The summed E-state index contributed by atoms with van der Waals surface area (Å²) in [7, 11) is 0. The predicted molar refractivity (Wildman–Crippen MR) is 56.4 cm³/mol. The van der Waals surface area contributed by atoms with E-state index in [4.69, 9.17) is 9.47 Å². The van der Waals surface area contributed by atoms with Gasteiger partial charge in [-0.1, -0.05) is 35.9 Å². The van der Waals surface area contributed by atoms with E-state index in [9.17, 15) is 0 Å². The molecule has 1 aromatic rings. The van der Waals surface area contributed by atoms with Crippen molar-refractivity contribution in [3.8, 4) is 0 Å². The molecule has 14 heavy (non-hydrogen) atoms. The quantitative estimate of drug-likeness (QED) is 0.629. The molecule has 3 heteroatoms. The second-order valence-electron chi connectivity index (χ2n) is 2.88. The van der Waals surface area contributed by atoms with Crippen LogP contribution in [0.1, 0.15) is 5.56 Å². The molecule has 0 spiro atoms. The molecule has 0 atom stereocenters. The van der Waals surface area contributed by atoms with E-state index in [1.165, 1.54) is 5.56 Å². The van der Waals surface area contributed by atoms with Crippen LogP contribution in [0.3, 0.4) is 0 Å². The first-order chi connectivity index (χ1) is 6.39. The molecule has 1 aromatic carbocycles. The molecule has 0 bridgehead atoms. The maximum absolute atomic E-state index is 4.94. The van der Waals surface area contributed by atoms with Crippen molar-refractivity contribution in [3.05, 3.63) is 35.9 Å². The van der Waals surface area contributed by atoms with Crippen LogP contribution in [0.4, 0.5) is 0 Å². The molecule has 0 aliphatic carbocycles. The van der Waals surface area contributed by atoms with Gasteiger partial charge < -0.3 is 14.9 Å². The number of hydrogen-bond donors (Lipinski definition) is 0. The van der Waals surface area contributed by atoms with E-state index in [1.807, 2.05) is 18.2 Å². The summed E-state index contributed by atoms with van der Waals surface area (Å²) in [5.41, 5.74) is 1.32. The number of rotatable bonds is 0. The minimum absolute atomic E-state index is 0. The summed E-state index contributed by atoms with van der Waals surface area (Å²) in [5, 5.41) is 0. The molecule has 2 rings (SSSR count). The summed E-state index contributed by atoms with van der Waals surface area (Å²) in [6.45, 7) is 5.19. The highest BCUT2D eigenvalue weighted by Gasteiger charge is 1.94. The van der Waals surface area contributed by atoms with E-state index in [0.29, 0.717) is 0 Å². The van der Waals surface area contributed by atoms with E-state index in [2.05, 4.69) is 19.1 Å². The fourth-order valence-corrected chi connectivity index (χ4v) is 0.974. The Morgan fingerprint density at radius 3 is 1.50 bits per heavy atom. The summed E-state index contributed by atoms with van der Waals surface area (Å²) < 4.78 is 9.89. The van der Waals surface area contributed by atoms with E-state index in [0.717, 1.165) is 26.4 Å². The lowest BCUT2D eigenvalue weighted by Crippen LogP contribution is -2.16. The van der Waals surface area contributed by atoms with Crippen molar-refractivity contribution in [1.29, 1.82) is 0 Å². The van der Waals surface area contributed by atoms with Gasteiger partial charge in [-0.05, 0) is 6.92 Å². The summed E-state index contributed by atoms with van der Waals surface area (Å²) in [6, 6.07) is 10.3. The van der Waals surface area contributed by atoms with Crippen LogP contribution in [0.5, 0.6) is 0 Å². The Kier molecular flexibility index (Phi) is 8.13. The Morgan fingerprint density at radius 1 is 0.857 bits per heavy atom. The average molecular weight is 198 g/mol. The summed E-state index contributed by atoms with van der Waals surface area (Å²) in [6.07, 6.45) is 0. The standard InChI is InChI=1S/C7H8.C4H8O2.H2O/c1-7-5-3-2-4-6-7;1-2-6-4-3-5-1;/h2-6H,1H3;1-4H2;1H2. The number of hydrogen-bond acceptors (Lipinski definition) is 2. The Bertz CT molecular complexity index is 196. The second kappa shape index (κ2) is 8.69. The van der Waals surface area contributed by atoms with Gasteiger partial charge in [0.2, 0.25) is 0 Å². The zero-order valence-electron chi connectivity index (χ0n) is 8.53. The summed E-state index contributed by atoms with van der Waals surface area (Å²) in [5.74, 6) is 0. The Balaban J connectivity index is 0.000000227. The zero-order valence-corrected chi connectivity index (χ0v) is 8.53. The van der Waals surface area contributed by atoms with E-state index in [-0.39, 0.29) is 5.48 Å². The van der Waals surface area contributed by atoms with Crippen LogP contribution in [0.25, 0.3) is 0 Å². The fourth-order valence-electron chi connectivity index (χ4n) is 0.974. The maximum atomic E-state index is 4.94. The van der Waals surface area contributed by atoms with Crippen LogP contribution in [-0.2, 0) is 9.47 Å². The molecule has 1 aliphatic rings. The first-order valence-electron chi connectivity index (χ1n) is 4.57. The van der Waals surface area contributed by atoms with Gasteiger partial charge in [0.25, 0.3) is 0 Å². The number of aryl methyl sites for hydroxylation is 1. The summed E-state index contributed by atoms with van der Waals surface area (Å²) in [4.78, 5) is 0. The average Bonchev–Trinajstić information content (AvgIpc) is 2.22. The van der Waals surface area contributed by atoms with Gasteiger partial charge in [0, 0.05) is 0 Å². The summed E-state index contributed by atoms with van der Waals surface area (Å²) >= 11 is 0. The molecule has 80 valence electrons. The van der Waals surface area contributed by atoms with Crippen LogP contribution in [-0.4, -0.2) is 31.9 Å². The molecule has 1 heterocycles. The first-order valence-corrected chi connectivity index (χ1v) is 4.57. The van der Waals surface area contributed by atoms with Gasteiger partial charge in [0.15, 0.2) is 0 Å². The molecule has 0 radical (unpaired) electrons. The highest BCUT2D eigenvalue weighted by Crippen LogP contribution is 1.92. The van der Waals surface area contributed by atoms with E-state index < -0.39 is 0 Å². The lowest BCUT2D eigenvalue weighted by atomic mass is 10.2. The number of ether oxygens (including phenoxy) is 2. The van der Waals surface area contributed by atoms with Gasteiger partial charge in [-0.2, -0.15) is 0 Å².